The van der Waals surface area contributed by atoms with Crippen LogP contribution in [-0.4, -0.2) is 11.7 Å². The van der Waals surface area contributed by atoms with Crippen LogP contribution in [0.4, 0.5) is 8.78 Å². The fourth-order valence-corrected chi connectivity index (χ4v) is 3.96. The number of carbonyl (C=O) groups excluding carboxylic acids is 1. The number of fused-ring (bicyclic) bond motifs is 3. The number of nitrogens with one attached hydrogen (secondary N) is 1. The molecule has 5 heteroatoms. The van der Waals surface area contributed by atoms with Crippen molar-refractivity contribution < 1.29 is 13.6 Å². The molecule has 1 N–H and O–H groups in total. The minimum atomic E-state index is -0.908. The molecular weight excluding hydrogens is 352 g/mol. The molecule has 2 nitrogen and oxygen atoms in total. The number of hydrogen-bond acceptors (Lipinski definition) is 2. The standard InChI is InChI=1S/C21H15F2NOS/c22-18-10-9-13(11-19(18)23)26-12-20(25)24-21-16-7-3-1-5-14(16)15-6-2-4-8-17(15)21/h1-11,21H,12H2,(H,24,25). The third kappa shape index (κ3) is 3.10. The summed E-state index contributed by atoms with van der Waals surface area (Å²) in [6, 6.07) is 19.5. The van der Waals surface area contributed by atoms with Crippen molar-refractivity contribution in [3.63, 3.8) is 0 Å². The van der Waals surface area contributed by atoms with Gasteiger partial charge < -0.3 is 5.32 Å². The van der Waals surface area contributed by atoms with Crippen LogP contribution >= 0.6 is 11.8 Å². The predicted octanol–water partition coefficient (Wildman–Crippen LogP) is 4.94. The van der Waals surface area contributed by atoms with E-state index < -0.39 is 11.6 Å². The summed E-state index contributed by atoms with van der Waals surface area (Å²) in [5, 5.41) is 3.06. The van der Waals surface area contributed by atoms with E-state index in [9.17, 15) is 13.6 Å². The van der Waals surface area contributed by atoms with Crippen LogP contribution in [0.3, 0.4) is 0 Å². The Morgan fingerprint density at radius 1 is 0.885 bits per heavy atom. The summed E-state index contributed by atoms with van der Waals surface area (Å²) in [5.41, 5.74) is 4.39. The molecule has 130 valence electrons. The third-order valence-electron chi connectivity index (χ3n) is 4.40. The van der Waals surface area contributed by atoms with Crippen molar-refractivity contribution in [1.29, 1.82) is 0 Å². The molecule has 1 aliphatic carbocycles. The smallest absolute Gasteiger partial charge is 0.231 e. The largest absolute Gasteiger partial charge is 0.344 e. The molecule has 0 spiro atoms. The Balaban J connectivity index is 1.50. The molecule has 0 saturated heterocycles. The number of benzene rings is 3. The average Bonchev–Trinajstić information content (AvgIpc) is 2.97. The van der Waals surface area contributed by atoms with Crippen LogP contribution in [0.5, 0.6) is 0 Å². The molecule has 3 aromatic rings. The van der Waals surface area contributed by atoms with Gasteiger partial charge in [-0.2, -0.15) is 0 Å². The first-order chi connectivity index (χ1) is 12.6. The maximum Gasteiger partial charge on any atom is 0.231 e. The summed E-state index contributed by atoms with van der Waals surface area (Å²) in [6.07, 6.45) is 0. The zero-order valence-corrected chi connectivity index (χ0v) is 14.5. The highest BCUT2D eigenvalue weighted by atomic mass is 32.2. The van der Waals surface area contributed by atoms with Gasteiger partial charge in [0.05, 0.1) is 11.8 Å². The van der Waals surface area contributed by atoms with Gasteiger partial charge in [-0.1, -0.05) is 48.5 Å². The highest BCUT2D eigenvalue weighted by molar-refractivity contribution is 8.00. The number of halogens is 2. The van der Waals surface area contributed by atoms with Gasteiger partial charge >= 0.3 is 0 Å². The number of hydrogen-bond donors (Lipinski definition) is 1. The molecule has 1 amide bonds. The topological polar surface area (TPSA) is 29.1 Å². The first-order valence-electron chi connectivity index (χ1n) is 8.19. The summed E-state index contributed by atoms with van der Waals surface area (Å²) >= 11 is 1.18. The molecule has 0 unspecified atom stereocenters. The summed E-state index contributed by atoms with van der Waals surface area (Å²) in [4.78, 5) is 13.0. The van der Waals surface area contributed by atoms with Crippen molar-refractivity contribution in [3.8, 4) is 11.1 Å². The molecule has 0 bridgehead atoms. The molecule has 0 saturated carbocycles. The maximum absolute atomic E-state index is 13.3. The lowest BCUT2D eigenvalue weighted by molar-refractivity contribution is -0.119. The van der Waals surface area contributed by atoms with Gasteiger partial charge in [0.2, 0.25) is 5.91 Å². The number of rotatable bonds is 4. The maximum atomic E-state index is 13.3. The van der Waals surface area contributed by atoms with Crippen molar-refractivity contribution in [2.24, 2.45) is 0 Å². The number of carbonyl (C=O) groups is 1. The molecule has 0 fully saturated rings. The van der Waals surface area contributed by atoms with Gasteiger partial charge in [0.25, 0.3) is 0 Å². The van der Waals surface area contributed by atoms with Gasteiger partial charge in [0.1, 0.15) is 0 Å². The normalized spacial score (nSPS) is 12.5. The van der Waals surface area contributed by atoms with Gasteiger partial charge in [-0.05, 0) is 40.5 Å². The summed E-state index contributed by atoms with van der Waals surface area (Å²) in [7, 11) is 0. The second-order valence-corrected chi connectivity index (χ2v) is 7.09. The minimum Gasteiger partial charge on any atom is -0.344 e. The Kier molecular flexibility index (Phi) is 4.47. The highest BCUT2D eigenvalue weighted by Gasteiger charge is 2.28. The van der Waals surface area contributed by atoms with Crippen LogP contribution < -0.4 is 5.32 Å². The molecule has 26 heavy (non-hydrogen) atoms. The van der Waals surface area contributed by atoms with E-state index in [4.69, 9.17) is 0 Å². The monoisotopic (exact) mass is 367 g/mol. The lowest BCUT2D eigenvalue weighted by Gasteiger charge is -2.16. The van der Waals surface area contributed by atoms with Gasteiger partial charge in [0.15, 0.2) is 11.6 Å². The van der Waals surface area contributed by atoms with E-state index in [0.29, 0.717) is 4.90 Å². The first-order valence-corrected chi connectivity index (χ1v) is 9.17. The number of amides is 1. The SMILES string of the molecule is O=C(CSc1ccc(F)c(F)c1)NC1c2ccccc2-c2ccccc21. The van der Waals surface area contributed by atoms with Crippen LogP contribution in [0.15, 0.2) is 71.6 Å². The van der Waals surface area contributed by atoms with E-state index in [1.54, 1.807) is 0 Å². The fourth-order valence-electron chi connectivity index (χ4n) is 3.23. The van der Waals surface area contributed by atoms with E-state index in [1.165, 1.54) is 17.8 Å². The zero-order chi connectivity index (χ0) is 18.1. The van der Waals surface area contributed by atoms with Crippen LogP contribution in [0.2, 0.25) is 0 Å². The van der Waals surface area contributed by atoms with E-state index in [-0.39, 0.29) is 17.7 Å². The molecule has 3 aromatic carbocycles. The summed E-state index contributed by atoms with van der Waals surface area (Å²) in [5.74, 6) is -1.82. The molecule has 4 rings (SSSR count). The van der Waals surface area contributed by atoms with Gasteiger partial charge in [0, 0.05) is 4.90 Å². The summed E-state index contributed by atoms with van der Waals surface area (Å²) < 4.78 is 26.3. The Bertz CT molecular complexity index is 944. The third-order valence-corrected chi connectivity index (χ3v) is 5.39. The Morgan fingerprint density at radius 3 is 2.12 bits per heavy atom. The zero-order valence-electron chi connectivity index (χ0n) is 13.7. The van der Waals surface area contributed by atoms with Gasteiger partial charge in [-0.3, -0.25) is 4.79 Å². The quantitative estimate of drug-likeness (QED) is 0.662. The molecule has 0 radical (unpaired) electrons. The highest BCUT2D eigenvalue weighted by Crippen LogP contribution is 2.43. The van der Waals surface area contributed by atoms with Crippen molar-refractivity contribution >= 4 is 17.7 Å². The molecule has 0 atom stereocenters. The molecule has 0 heterocycles. The fraction of sp³-hybridized carbons (Fsp3) is 0.0952. The van der Waals surface area contributed by atoms with Crippen molar-refractivity contribution in [1.82, 2.24) is 5.32 Å². The van der Waals surface area contributed by atoms with Crippen LogP contribution in [0.1, 0.15) is 17.2 Å². The van der Waals surface area contributed by atoms with E-state index in [2.05, 4.69) is 17.4 Å². The Hall–Kier alpha value is -2.66. The van der Waals surface area contributed by atoms with Crippen molar-refractivity contribution in [2.75, 3.05) is 5.75 Å². The second kappa shape index (κ2) is 6.92. The van der Waals surface area contributed by atoms with Crippen LogP contribution in [0.25, 0.3) is 11.1 Å². The van der Waals surface area contributed by atoms with E-state index in [1.807, 2.05) is 36.4 Å². The van der Waals surface area contributed by atoms with Gasteiger partial charge in [-0.25, -0.2) is 8.78 Å². The first kappa shape index (κ1) is 16.8. The van der Waals surface area contributed by atoms with Crippen LogP contribution in [-0.2, 0) is 4.79 Å². The summed E-state index contributed by atoms with van der Waals surface area (Å²) in [6.45, 7) is 0. The Morgan fingerprint density at radius 2 is 1.50 bits per heavy atom. The van der Waals surface area contributed by atoms with E-state index in [0.717, 1.165) is 34.4 Å². The molecule has 1 aliphatic rings. The van der Waals surface area contributed by atoms with Crippen molar-refractivity contribution in [2.45, 2.75) is 10.9 Å². The lowest BCUT2D eigenvalue weighted by Crippen LogP contribution is -2.29. The molecule has 0 aliphatic heterocycles. The van der Waals surface area contributed by atoms with E-state index >= 15 is 0 Å². The van der Waals surface area contributed by atoms with Gasteiger partial charge in [-0.15, -0.1) is 11.8 Å². The number of thioether (sulfide) groups is 1. The average molecular weight is 367 g/mol. The van der Waals surface area contributed by atoms with Crippen molar-refractivity contribution in [3.05, 3.63) is 89.5 Å². The second-order valence-electron chi connectivity index (χ2n) is 6.04. The molecule has 0 aromatic heterocycles. The lowest BCUT2D eigenvalue weighted by atomic mass is 10.1. The Labute approximate surface area is 154 Å². The van der Waals surface area contributed by atoms with Crippen LogP contribution in [0, 0.1) is 11.6 Å². The predicted molar refractivity (Wildman–Crippen MR) is 98.9 cm³/mol. The minimum absolute atomic E-state index is 0.131. The molecular formula is C21H15F2NOS.